The minimum Gasteiger partial charge on any atom is -0.481 e. The van der Waals surface area contributed by atoms with Crippen LogP contribution in [0.1, 0.15) is 17.5 Å². The molecule has 0 saturated heterocycles. The summed E-state index contributed by atoms with van der Waals surface area (Å²) in [4.78, 5) is 10.5. The van der Waals surface area contributed by atoms with Gasteiger partial charge in [-0.3, -0.25) is 4.79 Å². The number of aliphatic hydroxyl groups excluding tert-OH is 1. The molecular formula is C17H18O3. The molecule has 0 radical (unpaired) electrons. The van der Waals surface area contributed by atoms with Crippen molar-refractivity contribution >= 4 is 5.97 Å². The van der Waals surface area contributed by atoms with Crippen LogP contribution in [-0.2, 0) is 11.2 Å². The second-order valence-corrected chi connectivity index (χ2v) is 4.97. The fraction of sp³-hybridized carbons (Fsp3) is 0.235. The molecule has 1 atom stereocenters. The zero-order valence-corrected chi connectivity index (χ0v) is 11.4. The standard InChI is InChI=1S/C17H18O3/c1-12-9-13(10-15(18)11-17(19)20)7-8-16(12)14-5-3-2-4-6-14/h2-9,15,18H,10-11H2,1H3,(H,19,20). The predicted molar refractivity (Wildman–Crippen MR) is 78.6 cm³/mol. The van der Waals surface area contributed by atoms with E-state index in [-0.39, 0.29) is 6.42 Å². The van der Waals surface area contributed by atoms with Crippen LogP contribution < -0.4 is 0 Å². The van der Waals surface area contributed by atoms with Crippen molar-refractivity contribution in [2.75, 3.05) is 0 Å². The number of hydrogen-bond acceptors (Lipinski definition) is 2. The van der Waals surface area contributed by atoms with E-state index < -0.39 is 12.1 Å². The van der Waals surface area contributed by atoms with Crippen LogP contribution in [0.15, 0.2) is 48.5 Å². The zero-order chi connectivity index (χ0) is 14.5. The number of aliphatic carboxylic acids is 1. The van der Waals surface area contributed by atoms with E-state index in [1.807, 2.05) is 43.3 Å². The summed E-state index contributed by atoms with van der Waals surface area (Å²) < 4.78 is 0. The number of benzene rings is 2. The zero-order valence-electron chi connectivity index (χ0n) is 11.4. The van der Waals surface area contributed by atoms with Crippen LogP contribution in [0.3, 0.4) is 0 Å². The van der Waals surface area contributed by atoms with Gasteiger partial charge in [-0.15, -0.1) is 0 Å². The highest BCUT2D eigenvalue weighted by Crippen LogP contribution is 2.24. The van der Waals surface area contributed by atoms with Gasteiger partial charge in [0, 0.05) is 0 Å². The quantitative estimate of drug-likeness (QED) is 0.878. The van der Waals surface area contributed by atoms with Crippen LogP contribution >= 0.6 is 0 Å². The number of carboxylic acid groups (broad SMARTS) is 1. The van der Waals surface area contributed by atoms with E-state index in [2.05, 4.69) is 12.1 Å². The van der Waals surface area contributed by atoms with Gasteiger partial charge in [0.1, 0.15) is 0 Å². The molecule has 0 aromatic heterocycles. The number of carbonyl (C=O) groups is 1. The van der Waals surface area contributed by atoms with E-state index in [4.69, 9.17) is 5.11 Å². The Morgan fingerprint density at radius 3 is 2.45 bits per heavy atom. The minimum absolute atomic E-state index is 0.223. The summed E-state index contributed by atoms with van der Waals surface area (Å²) in [6.45, 7) is 2.02. The van der Waals surface area contributed by atoms with Gasteiger partial charge in [-0.1, -0.05) is 48.5 Å². The third kappa shape index (κ3) is 3.68. The molecule has 0 fully saturated rings. The van der Waals surface area contributed by atoms with Crippen molar-refractivity contribution in [3.63, 3.8) is 0 Å². The smallest absolute Gasteiger partial charge is 0.305 e. The van der Waals surface area contributed by atoms with E-state index in [0.717, 1.165) is 22.3 Å². The maximum atomic E-state index is 10.5. The van der Waals surface area contributed by atoms with Gasteiger partial charge in [0.15, 0.2) is 0 Å². The highest BCUT2D eigenvalue weighted by atomic mass is 16.4. The lowest BCUT2D eigenvalue weighted by atomic mass is 9.96. The summed E-state index contributed by atoms with van der Waals surface area (Å²) in [6.07, 6.45) is -0.698. The monoisotopic (exact) mass is 270 g/mol. The minimum atomic E-state index is -0.977. The van der Waals surface area contributed by atoms with E-state index in [1.165, 1.54) is 0 Å². The molecule has 1 unspecified atom stereocenters. The lowest BCUT2D eigenvalue weighted by Gasteiger charge is -2.11. The SMILES string of the molecule is Cc1cc(CC(O)CC(=O)O)ccc1-c1ccccc1. The second-order valence-electron chi connectivity index (χ2n) is 4.97. The lowest BCUT2D eigenvalue weighted by Crippen LogP contribution is -2.15. The van der Waals surface area contributed by atoms with Crippen molar-refractivity contribution < 1.29 is 15.0 Å². The highest BCUT2D eigenvalue weighted by Gasteiger charge is 2.11. The van der Waals surface area contributed by atoms with Gasteiger partial charge in [-0.2, -0.15) is 0 Å². The Balaban J connectivity index is 2.16. The average Bonchev–Trinajstić information content (AvgIpc) is 2.38. The Bertz CT molecular complexity index is 590. The average molecular weight is 270 g/mol. The fourth-order valence-electron chi connectivity index (χ4n) is 2.34. The van der Waals surface area contributed by atoms with E-state index >= 15 is 0 Å². The fourth-order valence-corrected chi connectivity index (χ4v) is 2.34. The Hall–Kier alpha value is -2.13. The van der Waals surface area contributed by atoms with Gasteiger partial charge in [-0.05, 0) is 35.6 Å². The summed E-state index contributed by atoms with van der Waals surface area (Å²) >= 11 is 0. The van der Waals surface area contributed by atoms with Crippen molar-refractivity contribution in [2.24, 2.45) is 0 Å². The third-order valence-electron chi connectivity index (χ3n) is 3.26. The lowest BCUT2D eigenvalue weighted by molar-refractivity contribution is -0.139. The van der Waals surface area contributed by atoms with Crippen LogP contribution in [0, 0.1) is 6.92 Å². The van der Waals surface area contributed by atoms with Crippen molar-refractivity contribution in [1.29, 1.82) is 0 Å². The first-order chi connectivity index (χ1) is 9.56. The van der Waals surface area contributed by atoms with Crippen molar-refractivity contribution in [3.05, 3.63) is 59.7 Å². The summed E-state index contributed by atoms with van der Waals surface area (Å²) in [6, 6.07) is 16.1. The number of rotatable bonds is 5. The van der Waals surface area contributed by atoms with Crippen LogP contribution in [0.5, 0.6) is 0 Å². The molecule has 3 nitrogen and oxygen atoms in total. The third-order valence-corrected chi connectivity index (χ3v) is 3.26. The van der Waals surface area contributed by atoms with Gasteiger partial charge in [0.25, 0.3) is 0 Å². The molecule has 3 heteroatoms. The molecule has 0 spiro atoms. The van der Waals surface area contributed by atoms with Crippen molar-refractivity contribution in [2.45, 2.75) is 25.9 Å². The van der Waals surface area contributed by atoms with Gasteiger partial charge in [0.05, 0.1) is 12.5 Å². The highest BCUT2D eigenvalue weighted by molar-refractivity contribution is 5.68. The number of aryl methyl sites for hydroxylation is 1. The Labute approximate surface area is 118 Å². The maximum absolute atomic E-state index is 10.5. The molecule has 0 bridgehead atoms. The summed E-state index contributed by atoms with van der Waals surface area (Å²) in [7, 11) is 0. The molecule has 0 aliphatic carbocycles. The Morgan fingerprint density at radius 2 is 1.85 bits per heavy atom. The van der Waals surface area contributed by atoms with E-state index in [9.17, 15) is 9.90 Å². The van der Waals surface area contributed by atoms with Gasteiger partial charge in [0.2, 0.25) is 0 Å². The van der Waals surface area contributed by atoms with Crippen LogP contribution in [0.4, 0.5) is 0 Å². The molecule has 2 rings (SSSR count). The molecule has 2 N–H and O–H groups in total. The van der Waals surface area contributed by atoms with Gasteiger partial charge >= 0.3 is 5.97 Å². The number of carboxylic acids is 1. The molecule has 0 heterocycles. The normalized spacial score (nSPS) is 12.1. The first kappa shape index (κ1) is 14.3. The molecule has 2 aromatic rings. The summed E-state index contributed by atoms with van der Waals surface area (Å²) in [5.74, 6) is -0.977. The summed E-state index contributed by atoms with van der Waals surface area (Å²) in [5, 5.41) is 18.3. The van der Waals surface area contributed by atoms with Gasteiger partial charge < -0.3 is 10.2 Å². The van der Waals surface area contributed by atoms with Crippen molar-refractivity contribution in [3.8, 4) is 11.1 Å². The van der Waals surface area contributed by atoms with Crippen LogP contribution in [-0.4, -0.2) is 22.3 Å². The maximum Gasteiger partial charge on any atom is 0.305 e. The molecule has 20 heavy (non-hydrogen) atoms. The van der Waals surface area contributed by atoms with E-state index in [0.29, 0.717) is 6.42 Å². The molecule has 0 saturated carbocycles. The number of hydrogen-bond donors (Lipinski definition) is 2. The van der Waals surface area contributed by atoms with Gasteiger partial charge in [-0.25, -0.2) is 0 Å². The summed E-state index contributed by atoms with van der Waals surface area (Å²) in [5.41, 5.74) is 4.39. The molecule has 0 aliphatic rings. The predicted octanol–water partition coefficient (Wildman–Crippen LogP) is 3.04. The first-order valence-corrected chi connectivity index (χ1v) is 6.61. The Morgan fingerprint density at radius 1 is 1.15 bits per heavy atom. The molecular weight excluding hydrogens is 252 g/mol. The molecule has 2 aromatic carbocycles. The molecule has 0 aliphatic heterocycles. The van der Waals surface area contributed by atoms with Crippen LogP contribution in [0.25, 0.3) is 11.1 Å². The van der Waals surface area contributed by atoms with Crippen LogP contribution in [0.2, 0.25) is 0 Å². The van der Waals surface area contributed by atoms with Crippen molar-refractivity contribution in [1.82, 2.24) is 0 Å². The molecule has 0 amide bonds. The Kier molecular flexibility index (Phi) is 4.53. The topological polar surface area (TPSA) is 57.5 Å². The largest absolute Gasteiger partial charge is 0.481 e. The number of aliphatic hydroxyl groups is 1. The molecule has 104 valence electrons. The van der Waals surface area contributed by atoms with E-state index in [1.54, 1.807) is 0 Å². The second kappa shape index (κ2) is 6.35. The first-order valence-electron chi connectivity index (χ1n) is 6.61.